The van der Waals surface area contributed by atoms with Gasteiger partial charge in [0.15, 0.2) is 0 Å². The van der Waals surface area contributed by atoms with E-state index < -0.39 is 0 Å². The lowest BCUT2D eigenvalue weighted by Crippen LogP contribution is -1.82. The highest BCUT2D eigenvalue weighted by molar-refractivity contribution is 6.22. The molecule has 0 unspecified atom stereocenters. The Morgan fingerprint density at radius 2 is 0.650 bits per heavy atom. The molecule has 0 saturated heterocycles. The van der Waals surface area contributed by atoms with E-state index in [9.17, 15) is 0 Å². The molecule has 0 bridgehead atoms. The van der Waals surface area contributed by atoms with Gasteiger partial charge in [0.05, 0.1) is 0 Å². The second-order valence-corrected chi connectivity index (χ2v) is 4.29. The van der Waals surface area contributed by atoms with Gasteiger partial charge in [0, 0.05) is 0 Å². The van der Waals surface area contributed by atoms with E-state index in [1.165, 1.54) is 32.3 Å². The lowest BCUT2D eigenvalue weighted by Gasteiger charge is -2.09. The third-order valence-corrected chi connectivity index (χ3v) is 3.39. The molecule has 0 heteroatoms. The highest BCUT2D eigenvalue weighted by atomic mass is 14.1. The topological polar surface area (TPSA) is 0 Å². The molecule has 0 heterocycles. The molecule has 4 rings (SSSR count). The van der Waals surface area contributed by atoms with Gasteiger partial charge in [0.25, 0.3) is 0 Å². The fraction of sp³-hybridized carbons (Fsp3) is 0. The van der Waals surface area contributed by atoms with Crippen LogP contribution in [0.2, 0.25) is 0 Å². The van der Waals surface area contributed by atoms with E-state index in [-0.39, 0.29) is 0 Å². The van der Waals surface area contributed by atoms with Crippen LogP contribution in [-0.4, -0.2) is 0 Å². The summed E-state index contributed by atoms with van der Waals surface area (Å²) in [7, 11) is 0. The van der Waals surface area contributed by atoms with Crippen molar-refractivity contribution in [3.05, 3.63) is 60.7 Å². The first kappa shape index (κ1) is 13.5. The number of benzene rings is 4. The first-order valence-electron chi connectivity index (χ1n) is 6.23. The summed E-state index contributed by atoms with van der Waals surface area (Å²) in [6.45, 7) is 0. The molecule has 4 aromatic carbocycles. The van der Waals surface area contributed by atoms with Crippen molar-refractivity contribution >= 4 is 32.3 Å². The third kappa shape index (κ3) is 1.95. The maximum absolute atomic E-state index is 4.00. The lowest BCUT2D eigenvalue weighted by molar-refractivity contribution is 1.78. The zero-order valence-corrected chi connectivity index (χ0v) is 11.1. The Kier molecular flexibility index (Phi) is 3.90. The van der Waals surface area contributed by atoms with Gasteiger partial charge in [-0.05, 0) is 32.3 Å². The predicted molar refractivity (Wildman–Crippen MR) is 89.9 cm³/mol. The van der Waals surface area contributed by atoms with Gasteiger partial charge in [0.1, 0.15) is 0 Å². The summed E-state index contributed by atoms with van der Waals surface area (Å²) in [6.07, 6.45) is 16.0. The van der Waals surface area contributed by atoms with Crippen molar-refractivity contribution in [1.82, 2.24) is 0 Å². The van der Waals surface area contributed by atoms with Gasteiger partial charge in [-0.15, -0.1) is 25.7 Å². The van der Waals surface area contributed by atoms with Gasteiger partial charge < -0.3 is 0 Å². The summed E-state index contributed by atoms with van der Waals surface area (Å²) < 4.78 is 0. The lowest BCUT2D eigenvalue weighted by atomic mass is 9.95. The molecule has 0 fully saturated rings. The van der Waals surface area contributed by atoms with Crippen LogP contribution in [0.4, 0.5) is 0 Å². The quantitative estimate of drug-likeness (QED) is 0.303. The Morgan fingerprint density at radius 1 is 0.400 bits per heavy atom. The summed E-state index contributed by atoms with van der Waals surface area (Å²) in [4.78, 5) is 0. The Balaban J connectivity index is 0.000000340. The third-order valence-electron chi connectivity index (χ3n) is 3.39. The second kappa shape index (κ2) is 5.79. The highest BCUT2D eigenvalue weighted by Crippen LogP contribution is 2.33. The summed E-state index contributed by atoms with van der Waals surface area (Å²) in [5.41, 5.74) is 0. The highest BCUT2D eigenvalue weighted by Gasteiger charge is 2.05. The molecule has 0 aromatic heterocycles. The maximum atomic E-state index is 4.00. The van der Waals surface area contributed by atoms with E-state index >= 15 is 0 Å². The monoisotopic (exact) mass is 254 g/mol. The molecule has 0 amide bonds. The molecule has 94 valence electrons. The molecule has 0 radical (unpaired) electrons. The van der Waals surface area contributed by atoms with E-state index in [0.717, 1.165) is 0 Å². The zero-order chi connectivity index (χ0) is 14.5. The molecule has 0 saturated carbocycles. The van der Waals surface area contributed by atoms with Crippen molar-refractivity contribution < 1.29 is 0 Å². The van der Waals surface area contributed by atoms with Gasteiger partial charge in [-0.2, -0.15) is 0 Å². The van der Waals surface area contributed by atoms with Crippen LogP contribution in [0.1, 0.15) is 0 Å². The minimum atomic E-state index is 1.34. The summed E-state index contributed by atoms with van der Waals surface area (Å²) in [5.74, 6) is 0. The van der Waals surface area contributed by atoms with Crippen molar-refractivity contribution in [3.63, 3.8) is 0 Å². The predicted octanol–water partition coefficient (Wildman–Crippen LogP) is 5.08. The molecular weight excluding hydrogens is 240 g/mol. The SMILES string of the molecule is C#C.C#C.c1cc2ccc3cccc4ccc(c1)c2c34. The van der Waals surface area contributed by atoms with E-state index in [4.69, 9.17) is 0 Å². The van der Waals surface area contributed by atoms with Crippen LogP contribution in [0, 0.1) is 25.7 Å². The molecule has 0 spiro atoms. The molecule has 0 aliphatic carbocycles. The fourth-order valence-corrected chi connectivity index (χ4v) is 2.67. The van der Waals surface area contributed by atoms with Gasteiger partial charge in [-0.25, -0.2) is 0 Å². The normalized spacial score (nSPS) is 9.60. The largest absolute Gasteiger partial charge is 0.124 e. The van der Waals surface area contributed by atoms with Crippen molar-refractivity contribution in [2.45, 2.75) is 0 Å². The van der Waals surface area contributed by atoms with Crippen molar-refractivity contribution in [2.24, 2.45) is 0 Å². The second-order valence-electron chi connectivity index (χ2n) is 4.29. The standard InChI is InChI=1S/C16H10.2C2H2/c1-3-11-7-9-13-5-2-6-14-10-8-12(4-1)15(11)16(13)14;2*1-2/h1-10H;2*1-2H. The molecule has 4 aromatic rings. The number of hydrogen-bond acceptors (Lipinski definition) is 0. The molecule has 20 heavy (non-hydrogen) atoms. The summed E-state index contributed by atoms with van der Waals surface area (Å²) in [5, 5.41) is 8.14. The average Bonchev–Trinajstić information content (AvgIpc) is 2.57. The van der Waals surface area contributed by atoms with E-state index in [2.05, 4.69) is 86.4 Å². The first-order chi connectivity index (χ1) is 9.93. The molecule has 0 atom stereocenters. The Hall–Kier alpha value is -2.96. The molecule has 0 N–H and O–H groups in total. The smallest absolute Gasteiger partial charge is 0.00268 e. The molecule has 0 nitrogen and oxygen atoms in total. The van der Waals surface area contributed by atoms with Crippen LogP contribution >= 0.6 is 0 Å². The molecule has 0 aliphatic heterocycles. The fourth-order valence-electron chi connectivity index (χ4n) is 2.67. The van der Waals surface area contributed by atoms with Crippen molar-refractivity contribution in [1.29, 1.82) is 0 Å². The van der Waals surface area contributed by atoms with Crippen LogP contribution in [0.15, 0.2) is 60.7 Å². The number of rotatable bonds is 0. The summed E-state index contributed by atoms with van der Waals surface area (Å²) in [6, 6.07) is 21.9. The van der Waals surface area contributed by atoms with Gasteiger partial charge >= 0.3 is 0 Å². The van der Waals surface area contributed by atoms with E-state index in [0.29, 0.717) is 0 Å². The van der Waals surface area contributed by atoms with E-state index in [1.54, 1.807) is 0 Å². The zero-order valence-electron chi connectivity index (χ0n) is 11.1. The Labute approximate surface area is 119 Å². The van der Waals surface area contributed by atoms with Crippen LogP contribution in [-0.2, 0) is 0 Å². The first-order valence-corrected chi connectivity index (χ1v) is 6.23. The van der Waals surface area contributed by atoms with Crippen molar-refractivity contribution in [3.8, 4) is 25.7 Å². The number of hydrogen-bond donors (Lipinski definition) is 0. The van der Waals surface area contributed by atoms with Crippen LogP contribution in [0.3, 0.4) is 0 Å². The van der Waals surface area contributed by atoms with Crippen LogP contribution in [0.25, 0.3) is 32.3 Å². The van der Waals surface area contributed by atoms with Gasteiger partial charge in [0.2, 0.25) is 0 Å². The number of terminal acetylenes is 2. The average molecular weight is 254 g/mol. The van der Waals surface area contributed by atoms with Crippen LogP contribution < -0.4 is 0 Å². The minimum Gasteiger partial charge on any atom is -0.124 e. The molecule has 0 aliphatic rings. The maximum Gasteiger partial charge on any atom is -0.00268 e. The van der Waals surface area contributed by atoms with E-state index in [1.807, 2.05) is 0 Å². The van der Waals surface area contributed by atoms with Crippen molar-refractivity contribution in [2.75, 3.05) is 0 Å². The minimum absolute atomic E-state index is 1.34. The Bertz CT molecular complexity index is 743. The van der Waals surface area contributed by atoms with Crippen LogP contribution in [0.5, 0.6) is 0 Å². The molecular formula is C20H14. The van der Waals surface area contributed by atoms with Gasteiger partial charge in [-0.3, -0.25) is 0 Å². The Morgan fingerprint density at radius 3 is 0.900 bits per heavy atom. The van der Waals surface area contributed by atoms with Gasteiger partial charge in [-0.1, -0.05) is 60.7 Å². The summed E-state index contributed by atoms with van der Waals surface area (Å²) >= 11 is 0.